The van der Waals surface area contributed by atoms with Crippen molar-refractivity contribution in [3.05, 3.63) is 143 Å². The van der Waals surface area contributed by atoms with Crippen LogP contribution in [0.4, 0.5) is 0 Å². The molecule has 8 heteroatoms. The van der Waals surface area contributed by atoms with E-state index in [1.54, 1.807) is 12.1 Å². The minimum absolute atomic E-state index is 0.0529. The van der Waals surface area contributed by atoms with Gasteiger partial charge in [-0.2, -0.15) is 0 Å². The summed E-state index contributed by atoms with van der Waals surface area (Å²) in [6.45, 7) is 22.1. The van der Waals surface area contributed by atoms with Crippen LogP contribution < -0.4 is 16.1 Å². The molecule has 3 aromatic rings. The lowest BCUT2D eigenvalue weighted by Crippen LogP contribution is -2.49. The van der Waals surface area contributed by atoms with Crippen molar-refractivity contribution in [3.63, 3.8) is 0 Å². The second-order valence-electron chi connectivity index (χ2n) is 12.6. The van der Waals surface area contributed by atoms with Crippen LogP contribution in [0.1, 0.15) is 89.1 Å². The molecule has 290 valence electrons. The number of hydrogen-bond acceptors (Lipinski definition) is 6. The molecule has 0 fully saturated rings. The molecule has 0 aliphatic heterocycles. The maximum Gasteiger partial charge on any atom is 0.488 e. The van der Waals surface area contributed by atoms with E-state index in [0.717, 1.165) is 33.4 Å². The minimum Gasteiger partial charge on any atom is -0.423 e. The van der Waals surface area contributed by atoms with Gasteiger partial charge in [-0.15, -0.1) is 0 Å². The minimum atomic E-state index is -1.63. The van der Waals surface area contributed by atoms with Gasteiger partial charge in [-0.3, -0.25) is 9.69 Å². The van der Waals surface area contributed by atoms with Gasteiger partial charge < -0.3 is 25.4 Å². The molecule has 1 amide bonds. The van der Waals surface area contributed by atoms with Crippen molar-refractivity contribution in [1.82, 2.24) is 15.5 Å². The van der Waals surface area contributed by atoms with E-state index in [1.807, 2.05) is 98.8 Å². The molecule has 54 heavy (non-hydrogen) atoms. The number of allylic oxidation sites excluding steroid dienone is 6. The lowest BCUT2D eigenvalue weighted by molar-refractivity contribution is -0.135. The van der Waals surface area contributed by atoms with Gasteiger partial charge in [0, 0.05) is 38.1 Å². The van der Waals surface area contributed by atoms with E-state index < -0.39 is 13.2 Å². The first kappa shape index (κ1) is 45.9. The van der Waals surface area contributed by atoms with Gasteiger partial charge in [0.05, 0.1) is 6.61 Å². The third-order valence-corrected chi connectivity index (χ3v) is 9.07. The average Bonchev–Trinajstić information content (AvgIpc) is 3.48. The molecule has 4 N–H and O–H groups in total. The number of benzene rings is 3. The quantitative estimate of drug-likeness (QED) is 0.0999. The third-order valence-electron chi connectivity index (χ3n) is 9.07. The Labute approximate surface area is 326 Å². The average molecular weight is 734 g/mol. The molecule has 0 heterocycles. The number of nitrogens with zero attached hydrogens (tertiary/aromatic N) is 1. The molecule has 1 aliphatic rings. The van der Waals surface area contributed by atoms with Crippen molar-refractivity contribution in [3.8, 4) is 0 Å². The molecule has 0 saturated carbocycles. The van der Waals surface area contributed by atoms with Gasteiger partial charge in [-0.05, 0) is 84.7 Å². The number of nitrogens with one attached hydrogen (secondary N) is 2. The van der Waals surface area contributed by atoms with Crippen LogP contribution in [-0.2, 0) is 16.1 Å². The van der Waals surface area contributed by atoms with Gasteiger partial charge in [0.1, 0.15) is 6.10 Å². The molecule has 0 bridgehead atoms. The first-order chi connectivity index (χ1) is 26.3. The maximum absolute atomic E-state index is 14.1. The topological polar surface area (TPSA) is 94.1 Å². The van der Waals surface area contributed by atoms with E-state index in [-0.39, 0.29) is 24.4 Å². The van der Waals surface area contributed by atoms with E-state index in [4.69, 9.17) is 4.74 Å². The van der Waals surface area contributed by atoms with E-state index in [0.29, 0.717) is 31.7 Å². The highest BCUT2D eigenvalue weighted by Crippen LogP contribution is 2.43. The first-order valence-electron chi connectivity index (χ1n) is 19.4. The Morgan fingerprint density at radius 2 is 1.59 bits per heavy atom. The van der Waals surface area contributed by atoms with Gasteiger partial charge in [0.2, 0.25) is 0 Å². The number of likely N-dealkylation sites (N-methyl/N-ethyl adjacent to an activating group) is 1. The monoisotopic (exact) mass is 733 g/mol. The molecule has 0 spiro atoms. The van der Waals surface area contributed by atoms with E-state index in [9.17, 15) is 14.8 Å². The molecular weight excluding hydrogens is 669 g/mol. The van der Waals surface area contributed by atoms with Crippen molar-refractivity contribution in [1.29, 1.82) is 0 Å². The van der Waals surface area contributed by atoms with Gasteiger partial charge >= 0.3 is 7.12 Å². The Morgan fingerprint density at radius 1 is 0.944 bits per heavy atom. The van der Waals surface area contributed by atoms with Crippen LogP contribution >= 0.6 is 0 Å². The smallest absolute Gasteiger partial charge is 0.423 e. The number of carbonyl (C=O) groups is 1. The number of hydrogen-bond donors (Lipinski definition) is 4. The molecule has 4 rings (SSSR count). The fraction of sp³-hybridized carbons (Fsp3) is 0.370. The summed E-state index contributed by atoms with van der Waals surface area (Å²) in [5, 5.41) is 26.8. The van der Waals surface area contributed by atoms with Crippen molar-refractivity contribution >= 4 is 35.7 Å². The summed E-state index contributed by atoms with van der Waals surface area (Å²) in [6, 6.07) is 23.7. The second-order valence-corrected chi connectivity index (χ2v) is 12.6. The van der Waals surface area contributed by atoms with Crippen molar-refractivity contribution in [2.75, 3.05) is 33.3 Å². The van der Waals surface area contributed by atoms with Crippen molar-refractivity contribution in [2.24, 2.45) is 0 Å². The van der Waals surface area contributed by atoms with Gasteiger partial charge in [-0.25, -0.2) is 0 Å². The second kappa shape index (κ2) is 24.9. The van der Waals surface area contributed by atoms with Crippen LogP contribution in [0.3, 0.4) is 0 Å². The van der Waals surface area contributed by atoms with Gasteiger partial charge in [-0.1, -0.05) is 144 Å². The van der Waals surface area contributed by atoms with Crippen LogP contribution in [0.15, 0.2) is 115 Å². The highest BCUT2D eigenvalue weighted by molar-refractivity contribution is 6.59. The standard InChI is InChI=1S/C42H52BN3O4.2C2H6/c1-7-17-35-36(18-8-2)39(38-23-15-14-22-37(35)38)29-50-41(42(47)45-30(5)25-44-6)28-46(27-33-20-12-16-24-40(33)43(48)49)26-32(10-4)34-21-13-11-19-31(34)9-3;2*1-2/h7-24,30,39,41,44,48-49H,3,25-29H2,1-2,4-6H3,(H,45,47);2*1-2H3/b17-7-,18-8-,32-10-;;/t30-,39?,41?;;/m0../s1. The van der Waals surface area contributed by atoms with Crippen molar-refractivity contribution in [2.45, 2.75) is 80.0 Å². The number of rotatable bonds is 18. The summed E-state index contributed by atoms with van der Waals surface area (Å²) >= 11 is 0. The Bertz CT molecular complexity index is 1730. The SMILES string of the molecule is C=Cc1ccccc1/C(=C\C)CN(Cc1ccccc1B(O)O)CC(OCC1C(/C=C\C)=C(/C=C\C)c2ccccc21)C(=O)N[C@@H](C)CNC.CC.CC. The Balaban J connectivity index is 0.00000244. The summed E-state index contributed by atoms with van der Waals surface area (Å²) in [5.74, 6) is -0.249. The molecule has 1 aliphatic carbocycles. The summed E-state index contributed by atoms with van der Waals surface area (Å²) in [4.78, 5) is 16.3. The van der Waals surface area contributed by atoms with Crippen LogP contribution in [0.5, 0.6) is 0 Å². The van der Waals surface area contributed by atoms with Crippen LogP contribution in [0.25, 0.3) is 17.2 Å². The maximum atomic E-state index is 14.1. The van der Waals surface area contributed by atoms with Crippen LogP contribution in [0, 0.1) is 0 Å². The zero-order valence-corrected chi connectivity index (χ0v) is 34.1. The molecular formula is C46H64BN3O4. The van der Waals surface area contributed by atoms with Gasteiger partial charge in [0.15, 0.2) is 0 Å². The predicted molar refractivity (Wildman–Crippen MR) is 231 cm³/mol. The van der Waals surface area contributed by atoms with Crippen molar-refractivity contribution < 1.29 is 19.6 Å². The summed E-state index contributed by atoms with van der Waals surface area (Å²) in [6.07, 6.45) is 11.5. The van der Waals surface area contributed by atoms with E-state index in [2.05, 4.69) is 82.8 Å². The third kappa shape index (κ3) is 12.6. The number of ether oxygens (including phenoxy) is 1. The molecule has 0 aromatic heterocycles. The van der Waals surface area contributed by atoms with E-state index in [1.165, 1.54) is 11.1 Å². The summed E-state index contributed by atoms with van der Waals surface area (Å²) in [5.41, 5.74) is 8.99. The zero-order chi connectivity index (χ0) is 40.0. The highest BCUT2D eigenvalue weighted by atomic mass is 16.5. The molecule has 0 saturated heterocycles. The summed E-state index contributed by atoms with van der Waals surface area (Å²) in [7, 11) is 0.235. The van der Waals surface area contributed by atoms with E-state index >= 15 is 0 Å². The Hall–Kier alpha value is -4.31. The molecule has 0 radical (unpaired) electrons. The lowest BCUT2D eigenvalue weighted by Gasteiger charge is -2.30. The van der Waals surface area contributed by atoms with Crippen LogP contribution in [-0.4, -0.2) is 73.4 Å². The highest BCUT2D eigenvalue weighted by Gasteiger charge is 2.32. The number of carbonyl (C=O) groups excluding carboxylic acids is 1. The number of fused-ring (bicyclic) bond motifs is 1. The Kier molecular flexibility index (Phi) is 21.1. The summed E-state index contributed by atoms with van der Waals surface area (Å²) < 4.78 is 6.74. The van der Waals surface area contributed by atoms with Gasteiger partial charge in [0.25, 0.3) is 5.91 Å². The molecule has 7 nitrogen and oxygen atoms in total. The largest absolute Gasteiger partial charge is 0.488 e. The fourth-order valence-electron chi connectivity index (χ4n) is 6.72. The number of amides is 1. The predicted octanol–water partition coefficient (Wildman–Crippen LogP) is 7.78. The first-order valence-corrected chi connectivity index (χ1v) is 19.4. The lowest BCUT2D eigenvalue weighted by atomic mass is 9.77. The Morgan fingerprint density at radius 3 is 2.24 bits per heavy atom. The fourth-order valence-corrected chi connectivity index (χ4v) is 6.72. The normalized spacial score (nSPS) is 15.0. The van der Waals surface area contributed by atoms with Crippen LogP contribution in [0.2, 0.25) is 0 Å². The molecule has 2 unspecified atom stereocenters. The molecule has 3 atom stereocenters. The zero-order valence-electron chi connectivity index (χ0n) is 34.1. The molecule has 3 aromatic carbocycles.